The van der Waals surface area contributed by atoms with Gasteiger partial charge in [-0.2, -0.15) is 0 Å². The molecule has 0 aliphatic heterocycles. The summed E-state index contributed by atoms with van der Waals surface area (Å²) in [5.41, 5.74) is 1.40. The van der Waals surface area contributed by atoms with Crippen LogP contribution in [0.15, 0.2) is 54.6 Å². The Morgan fingerprint density at radius 1 is 1.08 bits per heavy atom. The van der Waals surface area contributed by atoms with Gasteiger partial charge in [0.25, 0.3) is 5.91 Å². The Hall–Kier alpha value is -2.82. The van der Waals surface area contributed by atoms with Crippen LogP contribution >= 0.6 is 0 Å². The molecule has 0 bridgehead atoms. The monoisotopic (exact) mass is 327 g/mol. The number of ether oxygens (including phenoxy) is 1. The topological polar surface area (TPSA) is 75.6 Å². The van der Waals surface area contributed by atoms with E-state index < -0.39 is 5.97 Å². The van der Waals surface area contributed by atoms with E-state index in [0.717, 1.165) is 5.56 Å². The molecule has 1 unspecified atom stereocenters. The van der Waals surface area contributed by atoms with Crippen molar-refractivity contribution < 1.29 is 19.4 Å². The molecule has 0 aliphatic carbocycles. The molecule has 5 nitrogen and oxygen atoms in total. The number of amides is 1. The van der Waals surface area contributed by atoms with Gasteiger partial charge < -0.3 is 15.2 Å². The van der Waals surface area contributed by atoms with Gasteiger partial charge >= 0.3 is 5.97 Å². The molecular weight excluding hydrogens is 306 g/mol. The SMILES string of the molecule is CCOc1ccc(C(=O)NC(CCC(=O)O)c2ccccc2)cc1. The second-order valence-electron chi connectivity index (χ2n) is 5.33. The second kappa shape index (κ2) is 8.72. The molecule has 2 aromatic carbocycles. The second-order valence-corrected chi connectivity index (χ2v) is 5.33. The van der Waals surface area contributed by atoms with E-state index in [1.54, 1.807) is 24.3 Å². The van der Waals surface area contributed by atoms with Crippen LogP contribution in [-0.2, 0) is 4.79 Å². The fraction of sp³-hybridized carbons (Fsp3) is 0.263. The summed E-state index contributed by atoms with van der Waals surface area (Å²) in [5, 5.41) is 11.8. The number of benzene rings is 2. The van der Waals surface area contributed by atoms with Crippen LogP contribution < -0.4 is 10.1 Å². The van der Waals surface area contributed by atoms with Crippen molar-refractivity contribution in [3.05, 3.63) is 65.7 Å². The minimum Gasteiger partial charge on any atom is -0.494 e. The van der Waals surface area contributed by atoms with Crippen LogP contribution in [0.5, 0.6) is 5.75 Å². The molecule has 24 heavy (non-hydrogen) atoms. The van der Waals surface area contributed by atoms with Crippen LogP contribution in [0, 0.1) is 0 Å². The van der Waals surface area contributed by atoms with Gasteiger partial charge in [-0.15, -0.1) is 0 Å². The van der Waals surface area contributed by atoms with Crippen molar-refractivity contribution in [3.63, 3.8) is 0 Å². The van der Waals surface area contributed by atoms with Crippen LogP contribution in [0.3, 0.4) is 0 Å². The highest BCUT2D eigenvalue weighted by molar-refractivity contribution is 5.94. The van der Waals surface area contributed by atoms with Crippen molar-refractivity contribution in [1.82, 2.24) is 5.32 Å². The Morgan fingerprint density at radius 2 is 1.75 bits per heavy atom. The van der Waals surface area contributed by atoms with Gasteiger partial charge in [0.15, 0.2) is 0 Å². The Balaban J connectivity index is 2.09. The highest BCUT2D eigenvalue weighted by atomic mass is 16.5. The molecule has 0 spiro atoms. The van der Waals surface area contributed by atoms with Gasteiger partial charge in [0.2, 0.25) is 0 Å². The molecule has 5 heteroatoms. The fourth-order valence-electron chi connectivity index (χ4n) is 2.39. The number of hydrogen-bond donors (Lipinski definition) is 2. The van der Waals surface area contributed by atoms with Gasteiger partial charge in [-0.05, 0) is 43.2 Å². The van der Waals surface area contributed by atoms with E-state index >= 15 is 0 Å². The summed E-state index contributed by atoms with van der Waals surface area (Å²) in [6.45, 7) is 2.46. The zero-order valence-electron chi connectivity index (χ0n) is 13.6. The molecule has 2 rings (SSSR count). The van der Waals surface area contributed by atoms with Crippen molar-refractivity contribution in [3.8, 4) is 5.75 Å². The number of carboxylic acid groups (broad SMARTS) is 1. The molecule has 0 radical (unpaired) electrons. The van der Waals surface area contributed by atoms with E-state index in [4.69, 9.17) is 9.84 Å². The Labute approximate surface area is 141 Å². The van der Waals surface area contributed by atoms with Crippen molar-refractivity contribution in [2.75, 3.05) is 6.61 Å². The standard InChI is InChI=1S/C19H21NO4/c1-2-24-16-10-8-15(9-11-16)19(23)20-17(12-13-18(21)22)14-6-4-3-5-7-14/h3-11,17H,2,12-13H2,1H3,(H,20,23)(H,21,22). The summed E-state index contributed by atoms with van der Waals surface area (Å²) >= 11 is 0. The van der Waals surface area contributed by atoms with Gasteiger partial charge in [-0.3, -0.25) is 9.59 Å². The maximum Gasteiger partial charge on any atom is 0.303 e. The number of carboxylic acids is 1. The summed E-state index contributed by atoms with van der Waals surface area (Å²) < 4.78 is 5.36. The maximum atomic E-state index is 12.4. The van der Waals surface area contributed by atoms with Gasteiger partial charge in [-0.25, -0.2) is 0 Å². The molecule has 2 N–H and O–H groups in total. The molecular formula is C19H21NO4. The minimum atomic E-state index is -0.883. The molecule has 0 saturated carbocycles. The van der Waals surface area contributed by atoms with E-state index in [1.165, 1.54) is 0 Å². The number of aliphatic carboxylic acids is 1. The predicted molar refractivity (Wildman–Crippen MR) is 91.1 cm³/mol. The van der Waals surface area contributed by atoms with E-state index in [-0.39, 0.29) is 18.4 Å². The highest BCUT2D eigenvalue weighted by Gasteiger charge is 2.17. The Kier molecular flexibility index (Phi) is 6.37. The number of hydrogen-bond acceptors (Lipinski definition) is 3. The number of nitrogens with one attached hydrogen (secondary N) is 1. The molecule has 0 heterocycles. The first kappa shape index (κ1) is 17.5. The van der Waals surface area contributed by atoms with Crippen LogP contribution in [0.4, 0.5) is 0 Å². The predicted octanol–water partition coefficient (Wildman–Crippen LogP) is 3.42. The third-order valence-corrected chi connectivity index (χ3v) is 3.58. The van der Waals surface area contributed by atoms with Crippen molar-refractivity contribution in [2.24, 2.45) is 0 Å². The van der Waals surface area contributed by atoms with E-state index in [2.05, 4.69) is 5.32 Å². The molecule has 1 amide bonds. The van der Waals surface area contributed by atoms with Crippen LogP contribution in [-0.4, -0.2) is 23.6 Å². The largest absolute Gasteiger partial charge is 0.494 e. The lowest BCUT2D eigenvalue weighted by Gasteiger charge is -2.18. The molecule has 126 valence electrons. The van der Waals surface area contributed by atoms with E-state index in [9.17, 15) is 9.59 Å². The first-order valence-corrected chi connectivity index (χ1v) is 7.90. The van der Waals surface area contributed by atoms with Crippen molar-refractivity contribution in [2.45, 2.75) is 25.8 Å². The molecule has 0 fully saturated rings. The highest BCUT2D eigenvalue weighted by Crippen LogP contribution is 2.20. The quantitative estimate of drug-likeness (QED) is 0.779. The van der Waals surface area contributed by atoms with Crippen molar-refractivity contribution >= 4 is 11.9 Å². The normalized spacial score (nSPS) is 11.5. The lowest BCUT2D eigenvalue weighted by atomic mass is 10.0. The van der Waals surface area contributed by atoms with Crippen LogP contribution in [0.1, 0.15) is 41.7 Å². The average molecular weight is 327 g/mol. The summed E-state index contributed by atoms with van der Waals surface area (Å²) in [5.74, 6) is -0.414. The average Bonchev–Trinajstić information content (AvgIpc) is 2.60. The van der Waals surface area contributed by atoms with E-state index in [0.29, 0.717) is 24.3 Å². The first-order chi connectivity index (χ1) is 11.6. The maximum absolute atomic E-state index is 12.4. The first-order valence-electron chi connectivity index (χ1n) is 7.90. The summed E-state index contributed by atoms with van der Waals surface area (Å²) in [6, 6.07) is 15.9. The lowest BCUT2D eigenvalue weighted by molar-refractivity contribution is -0.137. The molecule has 0 aromatic heterocycles. The summed E-state index contributed by atoms with van der Waals surface area (Å²) in [6.07, 6.45) is 0.325. The van der Waals surface area contributed by atoms with Crippen LogP contribution in [0.25, 0.3) is 0 Å². The van der Waals surface area contributed by atoms with Crippen LogP contribution in [0.2, 0.25) is 0 Å². The van der Waals surface area contributed by atoms with E-state index in [1.807, 2.05) is 37.3 Å². The fourth-order valence-corrected chi connectivity index (χ4v) is 2.39. The lowest BCUT2D eigenvalue weighted by Crippen LogP contribution is -2.29. The Bertz CT molecular complexity index is 668. The van der Waals surface area contributed by atoms with Crippen molar-refractivity contribution in [1.29, 1.82) is 0 Å². The summed E-state index contributed by atoms with van der Waals surface area (Å²) in [4.78, 5) is 23.3. The molecule has 1 atom stereocenters. The molecule has 0 saturated heterocycles. The molecule has 2 aromatic rings. The van der Waals surface area contributed by atoms with Gasteiger partial charge in [0, 0.05) is 12.0 Å². The minimum absolute atomic E-state index is 0.0108. The number of carbonyl (C=O) groups is 2. The van der Waals surface area contributed by atoms with Gasteiger partial charge in [0.1, 0.15) is 5.75 Å². The number of carbonyl (C=O) groups excluding carboxylic acids is 1. The number of rotatable bonds is 8. The summed E-state index contributed by atoms with van der Waals surface area (Å²) in [7, 11) is 0. The third-order valence-electron chi connectivity index (χ3n) is 3.58. The Morgan fingerprint density at radius 3 is 2.33 bits per heavy atom. The smallest absolute Gasteiger partial charge is 0.303 e. The van der Waals surface area contributed by atoms with Gasteiger partial charge in [0.05, 0.1) is 12.6 Å². The zero-order chi connectivity index (χ0) is 17.4. The van der Waals surface area contributed by atoms with Gasteiger partial charge in [-0.1, -0.05) is 30.3 Å². The molecule has 0 aliphatic rings. The zero-order valence-corrected chi connectivity index (χ0v) is 13.6. The third kappa shape index (κ3) is 5.12.